The van der Waals surface area contributed by atoms with Crippen LogP contribution in [-0.4, -0.2) is 27.3 Å². The van der Waals surface area contributed by atoms with E-state index in [1.165, 1.54) is 12.4 Å². The molecule has 0 saturated carbocycles. The first kappa shape index (κ1) is 20.2. The van der Waals surface area contributed by atoms with Crippen LogP contribution in [0.15, 0.2) is 64.9 Å². The topological polar surface area (TPSA) is 118 Å². The first-order valence-corrected chi connectivity index (χ1v) is 8.87. The molecule has 2 N–H and O–H groups in total. The zero-order chi connectivity index (χ0) is 20.6. The van der Waals surface area contributed by atoms with Gasteiger partial charge in [-0.1, -0.05) is 47.5 Å². The zero-order valence-electron chi connectivity index (χ0n) is 14.7. The molecule has 146 valence electrons. The molecule has 1 heterocycles. The van der Waals surface area contributed by atoms with Gasteiger partial charge in [-0.05, 0) is 35.4 Å². The van der Waals surface area contributed by atoms with E-state index in [4.69, 9.17) is 23.2 Å². The third-order valence-corrected chi connectivity index (χ3v) is 3.90. The standard InChI is InChI=1S/C18H13Cl2N7O2/c19-14-5-1-3-12(7-14)9-22-25-17-16(27(28)29)11-21-18(24-17)26-23-10-13-4-2-6-15(20)8-13/h1-11H,(H2,21,24,25,26)/b22-9+,23-10+. The molecule has 0 bridgehead atoms. The van der Waals surface area contributed by atoms with E-state index in [9.17, 15) is 10.1 Å². The molecule has 0 amide bonds. The molecule has 0 aliphatic rings. The number of nitro groups is 1. The van der Waals surface area contributed by atoms with Gasteiger partial charge in [0.1, 0.15) is 6.20 Å². The minimum absolute atomic E-state index is 0.0503. The van der Waals surface area contributed by atoms with Crippen LogP contribution in [-0.2, 0) is 0 Å². The highest BCUT2D eigenvalue weighted by Gasteiger charge is 2.16. The van der Waals surface area contributed by atoms with Crippen LogP contribution in [0.25, 0.3) is 0 Å². The third kappa shape index (κ3) is 5.96. The van der Waals surface area contributed by atoms with Crippen LogP contribution in [0.3, 0.4) is 0 Å². The molecule has 0 saturated heterocycles. The fourth-order valence-electron chi connectivity index (χ4n) is 2.15. The third-order valence-electron chi connectivity index (χ3n) is 3.43. The van der Waals surface area contributed by atoms with Crippen LogP contribution in [0.5, 0.6) is 0 Å². The van der Waals surface area contributed by atoms with Crippen LogP contribution in [0.4, 0.5) is 17.5 Å². The lowest BCUT2D eigenvalue weighted by atomic mass is 10.2. The minimum Gasteiger partial charge on any atom is -0.258 e. The summed E-state index contributed by atoms with van der Waals surface area (Å²) < 4.78 is 0. The number of hydrogen-bond acceptors (Lipinski definition) is 8. The number of anilines is 2. The molecule has 11 heteroatoms. The summed E-state index contributed by atoms with van der Waals surface area (Å²) in [7, 11) is 0. The quantitative estimate of drug-likeness (QED) is 0.322. The van der Waals surface area contributed by atoms with E-state index in [0.717, 1.165) is 11.8 Å². The molecule has 0 aliphatic heterocycles. The van der Waals surface area contributed by atoms with Gasteiger partial charge in [0.25, 0.3) is 0 Å². The Morgan fingerprint density at radius 3 is 2.10 bits per heavy atom. The Morgan fingerprint density at radius 2 is 1.55 bits per heavy atom. The maximum Gasteiger partial charge on any atom is 0.331 e. The number of hydrogen-bond donors (Lipinski definition) is 2. The van der Waals surface area contributed by atoms with Crippen molar-refractivity contribution in [2.45, 2.75) is 0 Å². The molecule has 3 rings (SSSR count). The Labute approximate surface area is 175 Å². The molecule has 2 aromatic carbocycles. The van der Waals surface area contributed by atoms with Crippen molar-refractivity contribution in [2.75, 3.05) is 10.9 Å². The number of nitrogens with one attached hydrogen (secondary N) is 2. The van der Waals surface area contributed by atoms with E-state index < -0.39 is 4.92 Å². The Kier molecular flexibility index (Phi) is 6.67. The SMILES string of the molecule is O=[N+]([O-])c1cnc(N/N=C/c2cccc(Cl)c2)nc1N/N=C/c1cccc(Cl)c1. The minimum atomic E-state index is -0.615. The molecule has 0 aliphatic carbocycles. The fourth-order valence-corrected chi connectivity index (χ4v) is 2.55. The molecular weight excluding hydrogens is 417 g/mol. The first-order chi connectivity index (χ1) is 14.0. The van der Waals surface area contributed by atoms with Crippen molar-refractivity contribution in [1.29, 1.82) is 0 Å². The largest absolute Gasteiger partial charge is 0.331 e. The number of nitrogens with zero attached hydrogens (tertiary/aromatic N) is 5. The van der Waals surface area contributed by atoms with Crippen molar-refractivity contribution < 1.29 is 4.92 Å². The average molecular weight is 430 g/mol. The number of benzene rings is 2. The molecule has 0 fully saturated rings. The Bertz CT molecular complexity index is 1090. The second-order valence-electron chi connectivity index (χ2n) is 5.53. The Balaban J connectivity index is 1.74. The number of aromatic nitrogens is 2. The highest BCUT2D eigenvalue weighted by Crippen LogP contribution is 2.22. The van der Waals surface area contributed by atoms with Gasteiger partial charge in [0.05, 0.1) is 17.4 Å². The molecule has 0 atom stereocenters. The fraction of sp³-hybridized carbons (Fsp3) is 0. The zero-order valence-corrected chi connectivity index (χ0v) is 16.2. The van der Waals surface area contributed by atoms with Crippen molar-refractivity contribution in [3.8, 4) is 0 Å². The van der Waals surface area contributed by atoms with E-state index >= 15 is 0 Å². The summed E-state index contributed by atoms with van der Waals surface area (Å²) in [4.78, 5) is 18.5. The van der Waals surface area contributed by atoms with Crippen molar-refractivity contribution in [3.05, 3.63) is 86.0 Å². The predicted molar refractivity (Wildman–Crippen MR) is 114 cm³/mol. The first-order valence-electron chi connectivity index (χ1n) is 8.12. The molecule has 29 heavy (non-hydrogen) atoms. The smallest absolute Gasteiger partial charge is 0.258 e. The highest BCUT2D eigenvalue weighted by atomic mass is 35.5. The summed E-state index contributed by atoms with van der Waals surface area (Å²) in [6.07, 6.45) is 4.03. The van der Waals surface area contributed by atoms with Crippen LogP contribution in [0.1, 0.15) is 11.1 Å². The summed E-state index contributed by atoms with van der Waals surface area (Å²) in [5.74, 6) is -0.0435. The molecule has 0 unspecified atom stereocenters. The van der Waals surface area contributed by atoms with E-state index in [0.29, 0.717) is 15.6 Å². The maximum atomic E-state index is 11.2. The van der Waals surface area contributed by atoms with Gasteiger partial charge in [-0.2, -0.15) is 15.2 Å². The Hall–Kier alpha value is -3.56. The summed E-state index contributed by atoms with van der Waals surface area (Å²) in [6, 6.07) is 14.0. The maximum absolute atomic E-state index is 11.2. The van der Waals surface area contributed by atoms with Gasteiger partial charge < -0.3 is 0 Å². The van der Waals surface area contributed by atoms with Crippen molar-refractivity contribution in [3.63, 3.8) is 0 Å². The van der Waals surface area contributed by atoms with E-state index in [1.54, 1.807) is 42.5 Å². The van der Waals surface area contributed by atoms with Gasteiger partial charge >= 0.3 is 5.69 Å². The van der Waals surface area contributed by atoms with E-state index in [-0.39, 0.29) is 17.5 Å². The van der Waals surface area contributed by atoms with E-state index in [1.807, 2.05) is 6.07 Å². The van der Waals surface area contributed by atoms with Gasteiger partial charge in [0, 0.05) is 10.0 Å². The number of hydrazone groups is 2. The van der Waals surface area contributed by atoms with Crippen molar-refractivity contribution >= 4 is 53.1 Å². The van der Waals surface area contributed by atoms with E-state index in [2.05, 4.69) is 31.0 Å². The van der Waals surface area contributed by atoms with Crippen molar-refractivity contribution in [1.82, 2.24) is 9.97 Å². The van der Waals surface area contributed by atoms with Gasteiger partial charge in [-0.3, -0.25) is 15.5 Å². The lowest BCUT2D eigenvalue weighted by molar-refractivity contribution is -0.384. The lowest BCUT2D eigenvalue weighted by Gasteiger charge is -2.03. The van der Waals surface area contributed by atoms with Gasteiger partial charge in [-0.15, -0.1) is 0 Å². The van der Waals surface area contributed by atoms with Crippen LogP contribution < -0.4 is 10.9 Å². The number of halogens is 2. The monoisotopic (exact) mass is 429 g/mol. The Morgan fingerprint density at radius 1 is 0.966 bits per heavy atom. The number of rotatable bonds is 7. The van der Waals surface area contributed by atoms with Crippen LogP contribution in [0.2, 0.25) is 10.0 Å². The molecule has 1 aromatic heterocycles. The summed E-state index contributed by atoms with van der Waals surface area (Å²) in [5.41, 5.74) is 6.29. The normalized spacial score (nSPS) is 11.1. The van der Waals surface area contributed by atoms with Crippen LogP contribution in [0, 0.1) is 10.1 Å². The molecular formula is C18H13Cl2N7O2. The second-order valence-corrected chi connectivity index (χ2v) is 6.41. The van der Waals surface area contributed by atoms with Gasteiger partial charge in [-0.25, -0.2) is 10.4 Å². The van der Waals surface area contributed by atoms with Crippen LogP contribution >= 0.6 is 23.2 Å². The highest BCUT2D eigenvalue weighted by molar-refractivity contribution is 6.31. The average Bonchev–Trinajstić information content (AvgIpc) is 2.68. The van der Waals surface area contributed by atoms with Gasteiger partial charge in [0.2, 0.25) is 11.8 Å². The molecule has 0 spiro atoms. The molecule has 3 aromatic rings. The second kappa shape index (κ2) is 9.58. The summed E-state index contributed by atoms with van der Waals surface area (Å²) in [6.45, 7) is 0. The summed E-state index contributed by atoms with van der Waals surface area (Å²) in [5, 5.41) is 20.3. The van der Waals surface area contributed by atoms with Gasteiger partial charge in [0.15, 0.2) is 0 Å². The molecule has 0 radical (unpaired) electrons. The van der Waals surface area contributed by atoms with Crippen molar-refractivity contribution in [2.24, 2.45) is 10.2 Å². The molecule has 9 nitrogen and oxygen atoms in total. The predicted octanol–water partition coefficient (Wildman–Crippen LogP) is 4.58. The summed E-state index contributed by atoms with van der Waals surface area (Å²) >= 11 is 11.8. The lowest BCUT2D eigenvalue weighted by Crippen LogP contribution is -2.04.